The minimum Gasteiger partial charge on any atom is -0.335 e. The Hall–Kier alpha value is -2.82. The van der Waals surface area contributed by atoms with Crippen molar-refractivity contribution >= 4 is 23.3 Å². The van der Waals surface area contributed by atoms with Gasteiger partial charge in [-0.1, -0.05) is 49.6 Å². The summed E-state index contributed by atoms with van der Waals surface area (Å²) in [7, 11) is 0. The Balaban J connectivity index is 1.42. The molecule has 5 heteroatoms. The van der Waals surface area contributed by atoms with Gasteiger partial charge in [0.1, 0.15) is 0 Å². The Morgan fingerprint density at radius 1 is 0.815 bits per heavy atom. The number of carbonyl (C=O) groups is 2. The molecule has 0 aliphatic heterocycles. The third-order valence-electron chi connectivity index (χ3n) is 4.85. The van der Waals surface area contributed by atoms with E-state index in [-0.39, 0.29) is 18.0 Å². The molecule has 3 N–H and O–H groups in total. The summed E-state index contributed by atoms with van der Waals surface area (Å²) in [5.74, 6) is -0.0189. The monoisotopic (exact) mass is 365 g/mol. The van der Waals surface area contributed by atoms with E-state index in [1.165, 1.54) is 19.3 Å². The number of aryl methyl sites for hydroxylation is 1. The van der Waals surface area contributed by atoms with Gasteiger partial charge in [0.05, 0.1) is 0 Å². The summed E-state index contributed by atoms with van der Waals surface area (Å²) in [5, 5.41) is 8.77. The van der Waals surface area contributed by atoms with Crippen LogP contribution in [0.25, 0.3) is 0 Å². The van der Waals surface area contributed by atoms with Gasteiger partial charge in [-0.05, 0) is 49.1 Å². The standard InChI is InChI=1S/C22H27N3O2/c26-21(16-11-17-7-3-1-4-8-17)23-19-12-14-20(15-13-19)25-22(27)24-18-9-5-2-6-10-18/h1,3-4,7-8,12-15,18H,2,5-6,9-11,16H2,(H,23,26)(H2,24,25,27). The predicted molar refractivity (Wildman–Crippen MR) is 109 cm³/mol. The molecule has 0 heterocycles. The lowest BCUT2D eigenvalue weighted by atomic mass is 9.96. The second-order valence-electron chi connectivity index (χ2n) is 7.04. The normalized spacial score (nSPS) is 14.4. The first-order valence-electron chi connectivity index (χ1n) is 9.70. The van der Waals surface area contributed by atoms with Crippen molar-refractivity contribution in [3.8, 4) is 0 Å². The summed E-state index contributed by atoms with van der Waals surface area (Å²) >= 11 is 0. The summed E-state index contributed by atoms with van der Waals surface area (Å²) in [6, 6.07) is 17.3. The number of hydrogen-bond donors (Lipinski definition) is 3. The van der Waals surface area contributed by atoms with Crippen LogP contribution in [0.4, 0.5) is 16.2 Å². The summed E-state index contributed by atoms with van der Waals surface area (Å²) in [5.41, 5.74) is 2.59. The molecule has 1 aliphatic carbocycles. The number of carbonyl (C=O) groups excluding carboxylic acids is 2. The number of anilines is 2. The van der Waals surface area contributed by atoms with E-state index in [1.807, 2.05) is 30.3 Å². The molecule has 0 spiro atoms. The first kappa shape index (κ1) is 19.0. The Kier molecular flexibility index (Phi) is 6.85. The maximum Gasteiger partial charge on any atom is 0.319 e. The van der Waals surface area contributed by atoms with Crippen LogP contribution in [-0.2, 0) is 11.2 Å². The lowest BCUT2D eigenvalue weighted by Gasteiger charge is -2.22. The van der Waals surface area contributed by atoms with E-state index >= 15 is 0 Å². The van der Waals surface area contributed by atoms with Crippen molar-refractivity contribution < 1.29 is 9.59 Å². The number of nitrogens with one attached hydrogen (secondary N) is 3. The van der Waals surface area contributed by atoms with Gasteiger partial charge in [-0.3, -0.25) is 4.79 Å². The van der Waals surface area contributed by atoms with Gasteiger partial charge in [0.15, 0.2) is 0 Å². The Bertz CT molecular complexity index is 738. The Labute approximate surface area is 160 Å². The maximum absolute atomic E-state index is 12.1. The second kappa shape index (κ2) is 9.76. The highest BCUT2D eigenvalue weighted by Crippen LogP contribution is 2.18. The first-order valence-corrected chi connectivity index (χ1v) is 9.70. The zero-order valence-corrected chi connectivity index (χ0v) is 15.5. The van der Waals surface area contributed by atoms with Crippen molar-refractivity contribution in [3.05, 3.63) is 60.2 Å². The molecule has 2 aromatic carbocycles. The van der Waals surface area contributed by atoms with Crippen molar-refractivity contribution in [2.75, 3.05) is 10.6 Å². The van der Waals surface area contributed by atoms with Crippen LogP contribution < -0.4 is 16.0 Å². The van der Waals surface area contributed by atoms with E-state index in [0.29, 0.717) is 18.5 Å². The van der Waals surface area contributed by atoms with Crippen molar-refractivity contribution in [1.82, 2.24) is 5.32 Å². The van der Waals surface area contributed by atoms with Gasteiger partial charge in [-0.2, -0.15) is 0 Å². The summed E-state index contributed by atoms with van der Waals surface area (Å²) in [4.78, 5) is 24.2. The lowest BCUT2D eigenvalue weighted by Crippen LogP contribution is -2.38. The number of benzene rings is 2. The molecular weight excluding hydrogens is 338 g/mol. The van der Waals surface area contributed by atoms with E-state index in [2.05, 4.69) is 16.0 Å². The van der Waals surface area contributed by atoms with Gasteiger partial charge in [0.2, 0.25) is 5.91 Å². The third-order valence-corrected chi connectivity index (χ3v) is 4.85. The fraction of sp³-hybridized carbons (Fsp3) is 0.364. The average molecular weight is 365 g/mol. The molecule has 27 heavy (non-hydrogen) atoms. The van der Waals surface area contributed by atoms with Crippen molar-refractivity contribution in [2.24, 2.45) is 0 Å². The van der Waals surface area contributed by atoms with Crippen molar-refractivity contribution in [2.45, 2.75) is 51.0 Å². The van der Waals surface area contributed by atoms with Crippen LogP contribution in [0.5, 0.6) is 0 Å². The minimum atomic E-state index is -0.165. The summed E-state index contributed by atoms with van der Waals surface area (Å²) in [6.45, 7) is 0. The molecule has 3 rings (SSSR count). The Morgan fingerprint density at radius 2 is 1.44 bits per heavy atom. The van der Waals surface area contributed by atoms with Gasteiger partial charge in [-0.15, -0.1) is 0 Å². The van der Waals surface area contributed by atoms with Crippen LogP contribution in [0.2, 0.25) is 0 Å². The van der Waals surface area contributed by atoms with Crippen LogP contribution in [0.1, 0.15) is 44.1 Å². The fourth-order valence-electron chi connectivity index (χ4n) is 3.36. The van der Waals surface area contributed by atoms with Crippen LogP contribution >= 0.6 is 0 Å². The van der Waals surface area contributed by atoms with E-state index in [9.17, 15) is 9.59 Å². The zero-order valence-electron chi connectivity index (χ0n) is 15.5. The van der Waals surface area contributed by atoms with Crippen molar-refractivity contribution in [1.29, 1.82) is 0 Å². The molecule has 1 aliphatic rings. The SMILES string of the molecule is O=C(CCc1ccccc1)Nc1ccc(NC(=O)NC2CCCCC2)cc1. The van der Waals surface area contributed by atoms with Crippen LogP contribution in [0, 0.1) is 0 Å². The lowest BCUT2D eigenvalue weighted by molar-refractivity contribution is -0.116. The number of rotatable bonds is 6. The number of urea groups is 1. The van der Waals surface area contributed by atoms with E-state index < -0.39 is 0 Å². The molecule has 1 fully saturated rings. The second-order valence-corrected chi connectivity index (χ2v) is 7.04. The Morgan fingerprint density at radius 3 is 2.11 bits per heavy atom. The topological polar surface area (TPSA) is 70.2 Å². The molecule has 0 atom stereocenters. The predicted octanol–water partition coefficient (Wildman–Crippen LogP) is 4.71. The highest BCUT2D eigenvalue weighted by Gasteiger charge is 2.15. The molecular formula is C22H27N3O2. The first-order chi connectivity index (χ1) is 13.2. The maximum atomic E-state index is 12.1. The molecule has 2 aromatic rings. The zero-order chi connectivity index (χ0) is 18.9. The van der Waals surface area contributed by atoms with E-state index in [1.54, 1.807) is 24.3 Å². The van der Waals surface area contributed by atoms with Gasteiger partial charge >= 0.3 is 6.03 Å². The molecule has 5 nitrogen and oxygen atoms in total. The molecule has 0 aromatic heterocycles. The molecule has 0 radical (unpaired) electrons. The van der Waals surface area contributed by atoms with Crippen LogP contribution in [0.15, 0.2) is 54.6 Å². The van der Waals surface area contributed by atoms with Gasteiger partial charge < -0.3 is 16.0 Å². The highest BCUT2D eigenvalue weighted by molar-refractivity contribution is 5.92. The van der Waals surface area contributed by atoms with Gasteiger partial charge in [0, 0.05) is 23.8 Å². The van der Waals surface area contributed by atoms with Crippen molar-refractivity contribution in [3.63, 3.8) is 0 Å². The van der Waals surface area contributed by atoms with Crippen LogP contribution in [0.3, 0.4) is 0 Å². The molecule has 0 saturated heterocycles. The minimum absolute atomic E-state index is 0.0189. The summed E-state index contributed by atoms with van der Waals surface area (Å²) in [6.07, 6.45) is 6.90. The molecule has 3 amide bonds. The summed E-state index contributed by atoms with van der Waals surface area (Å²) < 4.78 is 0. The highest BCUT2D eigenvalue weighted by atomic mass is 16.2. The van der Waals surface area contributed by atoms with E-state index in [0.717, 1.165) is 24.1 Å². The molecule has 1 saturated carbocycles. The number of hydrogen-bond acceptors (Lipinski definition) is 2. The molecule has 0 unspecified atom stereocenters. The molecule has 142 valence electrons. The fourth-order valence-corrected chi connectivity index (χ4v) is 3.36. The van der Waals surface area contributed by atoms with Gasteiger partial charge in [-0.25, -0.2) is 4.79 Å². The van der Waals surface area contributed by atoms with E-state index in [4.69, 9.17) is 0 Å². The average Bonchev–Trinajstić information content (AvgIpc) is 2.69. The van der Waals surface area contributed by atoms with Crippen LogP contribution in [-0.4, -0.2) is 18.0 Å². The molecule has 0 bridgehead atoms. The largest absolute Gasteiger partial charge is 0.335 e. The smallest absolute Gasteiger partial charge is 0.319 e. The van der Waals surface area contributed by atoms with Gasteiger partial charge in [0.25, 0.3) is 0 Å². The quantitative estimate of drug-likeness (QED) is 0.694. The number of amides is 3. The third kappa shape index (κ3) is 6.44.